The number of carboxylic acids is 1. The molecule has 1 aromatic heterocycles. The zero-order valence-electron chi connectivity index (χ0n) is 8.03. The molecule has 0 bridgehead atoms. The van der Waals surface area contributed by atoms with Gasteiger partial charge in [0.15, 0.2) is 0 Å². The van der Waals surface area contributed by atoms with E-state index in [1.807, 2.05) is 0 Å². The summed E-state index contributed by atoms with van der Waals surface area (Å²) in [6.07, 6.45) is 3.07. The van der Waals surface area contributed by atoms with Crippen LogP contribution in [0.4, 0.5) is 0 Å². The number of rotatable bonds is 5. The Morgan fingerprint density at radius 3 is 3.14 bits per heavy atom. The molecule has 5 heteroatoms. The molecule has 1 heterocycles. The number of hydrogen-bond donors (Lipinski definition) is 2. The molecule has 0 radical (unpaired) electrons. The Balaban J connectivity index is 2.77. The summed E-state index contributed by atoms with van der Waals surface area (Å²) in [4.78, 5) is 10.8. The van der Waals surface area contributed by atoms with E-state index in [1.165, 1.54) is 6.20 Å². The highest BCUT2D eigenvalue weighted by molar-refractivity contribution is 5.88. The molecule has 0 amide bonds. The molecule has 0 saturated heterocycles. The molecule has 76 valence electrons. The third-order valence-corrected chi connectivity index (χ3v) is 1.87. The third-order valence-electron chi connectivity index (χ3n) is 1.87. The molecule has 1 aromatic rings. The van der Waals surface area contributed by atoms with Crippen LogP contribution < -0.4 is 5.32 Å². The number of carboxylic acid groups (broad SMARTS) is 1. The zero-order valence-corrected chi connectivity index (χ0v) is 8.03. The van der Waals surface area contributed by atoms with Gasteiger partial charge in [0.05, 0.1) is 11.9 Å². The lowest BCUT2D eigenvalue weighted by Crippen LogP contribution is -2.17. The number of carbonyl (C=O) groups is 1. The van der Waals surface area contributed by atoms with Crippen molar-refractivity contribution in [3.8, 4) is 0 Å². The molecule has 1 rings (SSSR count). The second-order valence-electron chi connectivity index (χ2n) is 2.85. The molecule has 5 nitrogen and oxygen atoms in total. The van der Waals surface area contributed by atoms with Gasteiger partial charge in [0.1, 0.15) is 5.56 Å². The first kappa shape index (κ1) is 10.5. The van der Waals surface area contributed by atoms with Gasteiger partial charge < -0.3 is 10.4 Å². The summed E-state index contributed by atoms with van der Waals surface area (Å²) >= 11 is 0. The SMILES string of the molecule is C=CCNCc1c(C(=O)O)cnn1C. The molecule has 0 aliphatic heterocycles. The minimum atomic E-state index is -0.950. The quantitative estimate of drug-likeness (QED) is 0.527. The maximum absolute atomic E-state index is 10.8. The van der Waals surface area contributed by atoms with Crippen molar-refractivity contribution in [1.29, 1.82) is 0 Å². The van der Waals surface area contributed by atoms with Crippen LogP contribution in [-0.4, -0.2) is 27.4 Å². The van der Waals surface area contributed by atoms with Crippen LogP contribution >= 0.6 is 0 Å². The van der Waals surface area contributed by atoms with E-state index < -0.39 is 5.97 Å². The molecule has 0 aromatic carbocycles. The van der Waals surface area contributed by atoms with E-state index in [1.54, 1.807) is 17.8 Å². The second kappa shape index (κ2) is 4.57. The molecule has 0 fully saturated rings. The molecule has 0 aliphatic carbocycles. The molecular formula is C9H13N3O2. The minimum absolute atomic E-state index is 0.240. The van der Waals surface area contributed by atoms with Crippen LogP contribution in [-0.2, 0) is 13.6 Å². The van der Waals surface area contributed by atoms with E-state index in [0.29, 0.717) is 18.8 Å². The van der Waals surface area contributed by atoms with Crippen molar-refractivity contribution in [3.63, 3.8) is 0 Å². The lowest BCUT2D eigenvalue weighted by molar-refractivity contribution is 0.0695. The lowest BCUT2D eigenvalue weighted by Gasteiger charge is -2.03. The van der Waals surface area contributed by atoms with Gasteiger partial charge in [-0.3, -0.25) is 4.68 Å². The molecule has 0 spiro atoms. The third kappa shape index (κ3) is 2.20. The largest absolute Gasteiger partial charge is 0.478 e. The molecule has 14 heavy (non-hydrogen) atoms. The Morgan fingerprint density at radius 2 is 2.57 bits per heavy atom. The monoisotopic (exact) mass is 195 g/mol. The Kier molecular flexibility index (Phi) is 3.41. The van der Waals surface area contributed by atoms with Gasteiger partial charge in [0.25, 0.3) is 0 Å². The Labute approximate surface area is 82.0 Å². The van der Waals surface area contributed by atoms with Gasteiger partial charge in [-0.2, -0.15) is 5.10 Å². The topological polar surface area (TPSA) is 67.2 Å². The van der Waals surface area contributed by atoms with Crippen molar-refractivity contribution in [2.75, 3.05) is 6.54 Å². The van der Waals surface area contributed by atoms with Crippen LogP contribution in [0, 0.1) is 0 Å². The van der Waals surface area contributed by atoms with Gasteiger partial charge in [-0.15, -0.1) is 6.58 Å². The van der Waals surface area contributed by atoms with E-state index in [9.17, 15) is 4.79 Å². The summed E-state index contributed by atoms with van der Waals surface area (Å²) < 4.78 is 1.56. The van der Waals surface area contributed by atoms with Crippen molar-refractivity contribution in [3.05, 3.63) is 30.1 Å². The fraction of sp³-hybridized carbons (Fsp3) is 0.333. The standard InChI is InChI=1S/C9H13N3O2/c1-3-4-10-6-8-7(9(13)14)5-11-12(8)2/h3,5,10H,1,4,6H2,2H3,(H,13,14). The summed E-state index contributed by atoms with van der Waals surface area (Å²) in [5, 5.41) is 15.8. The first-order valence-electron chi connectivity index (χ1n) is 4.22. The van der Waals surface area contributed by atoms with Gasteiger partial charge in [-0.05, 0) is 0 Å². The van der Waals surface area contributed by atoms with E-state index in [-0.39, 0.29) is 5.56 Å². The predicted molar refractivity (Wildman–Crippen MR) is 52.1 cm³/mol. The molecule has 0 unspecified atom stereocenters. The first-order chi connectivity index (χ1) is 6.66. The van der Waals surface area contributed by atoms with Crippen molar-refractivity contribution in [2.24, 2.45) is 7.05 Å². The van der Waals surface area contributed by atoms with Crippen LogP contribution in [0.15, 0.2) is 18.9 Å². The number of nitrogens with zero attached hydrogens (tertiary/aromatic N) is 2. The van der Waals surface area contributed by atoms with Crippen LogP contribution in [0.5, 0.6) is 0 Å². The van der Waals surface area contributed by atoms with E-state index in [4.69, 9.17) is 5.11 Å². The Hall–Kier alpha value is -1.62. The number of aryl methyl sites for hydroxylation is 1. The average molecular weight is 195 g/mol. The maximum atomic E-state index is 10.8. The van der Waals surface area contributed by atoms with Gasteiger partial charge in [-0.25, -0.2) is 4.79 Å². The van der Waals surface area contributed by atoms with Gasteiger partial charge >= 0.3 is 5.97 Å². The molecule has 0 atom stereocenters. The number of aromatic nitrogens is 2. The first-order valence-corrected chi connectivity index (χ1v) is 4.22. The van der Waals surface area contributed by atoms with Gasteiger partial charge in [0.2, 0.25) is 0 Å². The normalized spacial score (nSPS) is 10.1. The summed E-state index contributed by atoms with van der Waals surface area (Å²) in [5.41, 5.74) is 0.906. The summed E-state index contributed by atoms with van der Waals surface area (Å²) in [7, 11) is 1.72. The zero-order chi connectivity index (χ0) is 10.6. The van der Waals surface area contributed by atoms with E-state index in [2.05, 4.69) is 17.0 Å². The smallest absolute Gasteiger partial charge is 0.339 e. The van der Waals surface area contributed by atoms with E-state index >= 15 is 0 Å². The Morgan fingerprint density at radius 1 is 1.86 bits per heavy atom. The maximum Gasteiger partial charge on any atom is 0.339 e. The second-order valence-corrected chi connectivity index (χ2v) is 2.85. The fourth-order valence-electron chi connectivity index (χ4n) is 1.14. The lowest BCUT2D eigenvalue weighted by atomic mass is 10.2. The fourth-order valence-corrected chi connectivity index (χ4v) is 1.14. The number of hydrogen-bond acceptors (Lipinski definition) is 3. The van der Waals surface area contributed by atoms with Gasteiger partial charge in [-0.1, -0.05) is 6.08 Å². The molecular weight excluding hydrogens is 182 g/mol. The Bertz CT molecular complexity index is 344. The molecule has 2 N–H and O–H groups in total. The highest BCUT2D eigenvalue weighted by atomic mass is 16.4. The minimum Gasteiger partial charge on any atom is -0.478 e. The van der Waals surface area contributed by atoms with Crippen molar-refractivity contribution in [2.45, 2.75) is 6.54 Å². The molecule has 0 aliphatic rings. The van der Waals surface area contributed by atoms with Crippen LogP contribution in [0.1, 0.15) is 16.1 Å². The number of nitrogens with one attached hydrogen (secondary N) is 1. The van der Waals surface area contributed by atoms with Crippen LogP contribution in [0.2, 0.25) is 0 Å². The summed E-state index contributed by atoms with van der Waals surface area (Å²) in [6, 6.07) is 0. The average Bonchev–Trinajstić information content (AvgIpc) is 2.48. The van der Waals surface area contributed by atoms with Crippen molar-refractivity contribution in [1.82, 2.24) is 15.1 Å². The summed E-state index contributed by atoms with van der Waals surface area (Å²) in [5.74, 6) is -0.950. The number of aromatic carboxylic acids is 1. The van der Waals surface area contributed by atoms with Crippen LogP contribution in [0.25, 0.3) is 0 Å². The molecule has 0 saturated carbocycles. The predicted octanol–water partition coefficient (Wildman–Crippen LogP) is 0.394. The van der Waals surface area contributed by atoms with Crippen LogP contribution in [0.3, 0.4) is 0 Å². The highest BCUT2D eigenvalue weighted by Gasteiger charge is 2.13. The van der Waals surface area contributed by atoms with Crippen molar-refractivity contribution >= 4 is 5.97 Å². The van der Waals surface area contributed by atoms with Crippen molar-refractivity contribution < 1.29 is 9.90 Å². The highest BCUT2D eigenvalue weighted by Crippen LogP contribution is 2.06. The summed E-state index contributed by atoms with van der Waals surface area (Å²) in [6.45, 7) is 4.68. The van der Waals surface area contributed by atoms with Gasteiger partial charge in [0, 0.05) is 20.1 Å². The van der Waals surface area contributed by atoms with E-state index in [0.717, 1.165) is 0 Å².